The van der Waals surface area contributed by atoms with Crippen molar-refractivity contribution in [3.8, 4) is 0 Å². The van der Waals surface area contributed by atoms with Crippen LogP contribution in [0.25, 0.3) is 0 Å². The smallest absolute Gasteiger partial charge is 0.418 e. The van der Waals surface area contributed by atoms with Crippen molar-refractivity contribution in [2.75, 3.05) is 20.3 Å². The van der Waals surface area contributed by atoms with Crippen LogP contribution < -0.4 is 0 Å². The maximum atomic E-state index is 9.75. The summed E-state index contributed by atoms with van der Waals surface area (Å²) in [6, 6.07) is 0. The van der Waals surface area contributed by atoms with Gasteiger partial charge in [0, 0.05) is 26.0 Å². The first-order valence-electron chi connectivity index (χ1n) is 3.93. The van der Waals surface area contributed by atoms with Crippen LogP contribution in [0.15, 0.2) is 25.1 Å². The first-order chi connectivity index (χ1) is 6.33. The Balaban J connectivity index is 0.000000292. The molecule has 0 aliphatic carbocycles. The Bertz CT molecular complexity index is 198. The topological polar surface area (TPSA) is 6.48 Å². The molecule has 1 rings (SSSR count). The van der Waals surface area contributed by atoms with E-state index < -0.39 is 7.25 Å². The van der Waals surface area contributed by atoms with Crippen LogP contribution in [-0.2, 0) is 0 Å². The molecule has 0 aromatic heterocycles. The minimum absolute atomic E-state index is 0.945. The Morgan fingerprint density at radius 2 is 1.86 bits per heavy atom. The van der Waals surface area contributed by atoms with E-state index in [9.17, 15) is 17.3 Å². The summed E-state index contributed by atoms with van der Waals surface area (Å²) in [5.74, 6) is 0. The molecule has 2 nitrogen and oxygen atoms in total. The molecule has 0 fully saturated rings. The molecule has 1 aliphatic heterocycles. The summed E-state index contributed by atoms with van der Waals surface area (Å²) in [7, 11) is -3.94. The summed E-state index contributed by atoms with van der Waals surface area (Å²) in [4.78, 5) is 4.32. The van der Waals surface area contributed by atoms with Gasteiger partial charge >= 0.3 is 7.25 Å². The standard InChI is InChI=1S/C7H12N2.BF4/c1-3-4-9-6-5-8(2)7-9;2-1(3,4)5/h3,5-6H,1,4,7H2,2H3;/q;-1. The molecule has 0 amide bonds. The summed E-state index contributed by atoms with van der Waals surface area (Å²) in [5.41, 5.74) is 0. The maximum absolute atomic E-state index is 9.75. The first-order valence-corrected chi connectivity index (χ1v) is 3.93. The van der Waals surface area contributed by atoms with E-state index in [1.165, 1.54) is 0 Å². The van der Waals surface area contributed by atoms with Crippen molar-refractivity contribution in [3.63, 3.8) is 0 Å². The molecule has 0 radical (unpaired) electrons. The highest BCUT2D eigenvalue weighted by molar-refractivity contribution is 6.50. The van der Waals surface area contributed by atoms with Gasteiger partial charge in [-0.05, 0) is 0 Å². The van der Waals surface area contributed by atoms with Gasteiger partial charge in [0.2, 0.25) is 0 Å². The molecular formula is C7H12BF4N2-. The van der Waals surface area contributed by atoms with Gasteiger partial charge in [0.05, 0.1) is 6.67 Å². The quantitative estimate of drug-likeness (QED) is 0.392. The number of nitrogens with zero attached hydrogens (tertiary/aromatic N) is 2. The minimum atomic E-state index is -6.00. The van der Waals surface area contributed by atoms with Gasteiger partial charge in [-0.25, -0.2) is 0 Å². The van der Waals surface area contributed by atoms with Gasteiger partial charge in [-0.15, -0.1) is 6.58 Å². The lowest BCUT2D eigenvalue weighted by molar-refractivity contribution is 0.318. The van der Waals surface area contributed by atoms with Gasteiger partial charge in [-0.1, -0.05) is 6.08 Å². The van der Waals surface area contributed by atoms with E-state index in [0.717, 1.165) is 13.2 Å². The zero-order chi connectivity index (χ0) is 11.2. The molecule has 1 aliphatic rings. The lowest BCUT2D eigenvalue weighted by Crippen LogP contribution is -2.21. The summed E-state index contributed by atoms with van der Waals surface area (Å²) in [5, 5.41) is 0. The van der Waals surface area contributed by atoms with Gasteiger partial charge in [0.1, 0.15) is 0 Å². The summed E-state index contributed by atoms with van der Waals surface area (Å²) < 4.78 is 39.0. The maximum Gasteiger partial charge on any atom is 0.673 e. The molecule has 14 heavy (non-hydrogen) atoms. The largest absolute Gasteiger partial charge is 0.673 e. The Kier molecular flexibility index (Phi) is 5.11. The number of hydrogen-bond donors (Lipinski definition) is 0. The molecule has 1 heterocycles. The Hall–Kier alpha value is -1.14. The van der Waals surface area contributed by atoms with Gasteiger partial charge in [0.25, 0.3) is 0 Å². The van der Waals surface area contributed by atoms with Crippen LogP contribution in [0.1, 0.15) is 0 Å². The van der Waals surface area contributed by atoms with E-state index in [0.29, 0.717) is 0 Å². The number of rotatable bonds is 2. The van der Waals surface area contributed by atoms with Crippen molar-refractivity contribution < 1.29 is 17.3 Å². The van der Waals surface area contributed by atoms with Crippen molar-refractivity contribution in [1.29, 1.82) is 0 Å². The van der Waals surface area contributed by atoms with Crippen molar-refractivity contribution in [1.82, 2.24) is 9.80 Å². The molecule has 0 N–H and O–H groups in total. The van der Waals surface area contributed by atoms with Crippen LogP contribution in [0.4, 0.5) is 17.3 Å². The molecule has 82 valence electrons. The normalized spacial score (nSPS) is 15.2. The molecule has 0 unspecified atom stereocenters. The fourth-order valence-electron chi connectivity index (χ4n) is 0.873. The van der Waals surface area contributed by atoms with E-state index in [-0.39, 0.29) is 0 Å². The summed E-state index contributed by atoms with van der Waals surface area (Å²) in [6.45, 7) is 5.59. The minimum Gasteiger partial charge on any atom is -0.418 e. The van der Waals surface area contributed by atoms with Gasteiger partial charge < -0.3 is 27.1 Å². The molecule has 0 bridgehead atoms. The van der Waals surface area contributed by atoms with Crippen LogP contribution in [0.5, 0.6) is 0 Å². The van der Waals surface area contributed by atoms with Crippen molar-refractivity contribution >= 4 is 7.25 Å². The van der Waals surface area contributed by atoms with Crippen molar-refractivity contribution in [2.24, 2.45) is 0 Å². The number of halogens is 4. The lowest BCUT2D eigenvalue weighted by atomic mass is 10.3. The summed E-state index contributed by atoms with van der Waals surface area (Å²) >= 11 is 0. The van der Waals surface area contributed by atoms with Gasteiger partial charge in [-0.3, -0.25) is 0 Å². The Morgan fingerprint density at radius 1 is 1.36 bits per heavy atom. The second kappa shape index (κ2) is 5.56. The van der Waals surface area contributed by atoms with Gasteiger partial charge in [0.15, 0.2) is 0 Å². The average molecular weight is 211 g/mol. The van der Waals surface area contributed by atoms with Crippen molar-refractivity contribution in [3.05, 3.63) is 25.1 Å². The second-order valence-corrected chi connectivity index (χ2v) is 2.75. The van der Waals surface area contributed by atoms with Crippen LogP contribution >= 0.6 is 0 Å². The van der Waals surface area contributed by atoms with Crippen LogP contribution in [0.3, 0.4) is 0 Å². The highest BCUT2D eigenvalue weighted by Crippen LogP contribution is 2.06. The first kappa shape index (κ1) is 12.9. The highest BCUT2D eigenvalue weighted by Gasteiger charge is 2.20. The van der Waals surface area contributed by atoms with E-state index in [2.05, 4.69) is 35.8 Å². The number of hydrogen-bond acceptors (Lipinski definition) is 2. The van der Waals surface area contributed by atoms with E-state index in [4.69, 9.17) is 0 Å². The molecule has 0 aromatic carbocycles. The Morgan fingerprint density at radius 3 is 2.14 bits per heavy atom. The molecule has 0 saturated carbocycles. The lowest BCUT2D eigenvalue weighted by Gasteiger charge is -2.15. The third-order valence-corrected chi connectivity index (χ3v) is 1.30. The van der Waals surface area contributed by atoms with Gasteiger partial charge in [-0.2, -0.15) is 0 Å². The zero-order valence-electron chi connectivity index (χ0n) is 7.84. The van der Waals surface area contributed by atoms with Crippen LogP contribution in [0, 0.1) is 0 Å². The monoisotopic (exact) mass is 211 g/mol. The summed E-state index contributed by atoms with van der Waals surface area (Å²) in [6.07, 6.45) is 6.04. The van der Waals surface area contributed by atoms with E-state index in [1.54, 1.807) is 0 Å². The molecule has 7 heteroatoms. The zero-order valence-corrected chi connectivity index (χ0v) is 7.84. The molecule has 0 aromatic rings. The molecular weight excluding hydrogens is 199 g/mol. The van der Waals surface area contributed by atoms with E-state index in [1.807, 2.05) is 6.08 Å². The Labute approximate surface area is 80.6 Å². The fraction of sp³-hybridized carbons (Fsp3) is 0.429. The molecule has 0 atom stereocenters. The SMILES string of the molecule is C=CCN1C=CN(C)C1.F[B-](F)(F)F. The second-order valence-electron chi connectivity index (χ2n) is 2.75. The average Bonchev–Trinajstić information content (AvgIpc) is 2.32. The molecule has 0 spiro atoms. The third-order valence-electron chi connectivity index (χ3n) is 1.30. The predicted molar refractivity (Wildman–Crippen MR) is 48.9 cm³/mol. The predicted octanol–water partition coefficient (Wildman–Crippen LogP) is 2.15. The highest BCUT2D eigenvalue weighted by atomic mass is 19.5. The van der Waals surface area contributed by atoms with Crippen LogP contribution in [-0.4, -0.2) is 37.3 Å². The van der Waals surface area contributed by atoms with Crippen LogP contribution in [0.2, 0.25) is 0 Å². The third kappa shape index (κ3) is 8.96. The van der Waals surface area contributed by atoms with E-state index >= 15 is 0 Å². The molecule has 0 saturated heterocycles. The fourth-order valence-corrected chi connectivity index (χ4v) is 0.873. The van der Waals surface area contributed by atoms with Crippen molar-refractivity contribution in [2.45, 2.75) is 0 Å².